The zero-order valence-corrected chi connectivity index (χ0v) is 14.0. The van der Waals surface area contributed by atoms with Crippen molar-refractivity contribution >= 4 is 0 Å². The highest BCUT2D eigenvalue weighted by Crippen LogP contribution is 2.50. The predicted octanol–water partition coefficient (Wildman–Crippen LogP) is 4.04. The molecule has 1 rings (SSSR count). The van der Waals surface area contributed by atoms with Gasteiger partial charge in [-0.1, -0.05) is 47.5 Å². The molecule has 1 saturated carbocycles. The van der Waals surface area contributed by atoms with Gasteiger partial charge < -0.3 is 5.73 Å². The van der Waals surface area contributed by atoms with Crippen molar-refractivity contribution in [3.05, 3.63) is 0 Å². The topological polar surface area (TPSA) is 29.3 Å². The van der Waals surface area contributed by atoms with Crippen LogP contribution in [0.4, 0.5) is 0 Å². The Morgan fingerprint density at radius 2 is 1.63 bits per heavy atom. The number of hydrogen-bond donors (Lipinski definition) is 1. The van der Waals surface area contributed by atoms with Crippen LogP contribution in [0, 0.1) is 11.3 Å². The summed E-state index contributed by atoms with van der Waals surface area (Å²) in [6.45, 7) is 15.1. The van der Waals surface area contributed by atoms with E-state index in [1.807, 2.05) is 0 Å². The van der Waals surface area contributed by atoms with E-state index in [0.29, 0.717) is 5.41 Å². The van der Waals surface area contributed by atoms with Crippen LogP contribution in [0.1, 0.15) is 73.1 Å². The third kappa shape index (κ3) is 3.95. The molecule has 0 bridgehead atoms. The molecule has 0 amide bonds. The maximum Gasteiger partial charge on any atom is 0.0362 e. The van der Waals surface area contributed by atoms with Crippen LogP contribution in [0.3, 0.4) is 0 Å². The maximum atomic E-state index is 6.28. The van der Waals surface area contributed by atoms with Crippen molar-refractivity contribution in [1.82, 2.24) is 4.90 Å². The lowest BCUT2D eigenvalue weighted by atomic mass is 9.84. The molecule has 0 aromatic rings. The zero-order valence-electron chi connectivity index (χ0n) is 14.0. The van der Waals surface area contributed by atoms with E-state index in [-0.39, 0.29) is 5.54 Å². The fourth-order valence-corrected chi connectivity index (χ4v) is 4.17. The van der Waals surface area contributed by atoms with Crippen molar-refractivity contribution in [2.45, 2.75) is 78.7 Å². The van der Waals surface area contributed by atoms with E-state index in [2.05, 4.69) is 39.5 Å². The molecule has 0 aromatic heterocycles. The Kier molecular flexibility index (Phi) is 6.32. The summed E-state index contributed by atoms with van der Waals surface area (Å²) in [6, 6.07) is 0. The first-order valence-electron chi connectivity index (χ1n) is 8.37. The lowest BCUT2D eigenvalue weighted by Gasteiger charge is -2.45. The van der Waals surface area contributed by atoms with Crippen LogP contribution in [0.25, 0.3) is 0 Å². The van der Waals surface area contributed by atoms with Gasteiger partial charge in [0.15, 0.2) is 0 Å². The molecule has 0 radical (unpaired) electrons. The third-order valence-electron chi connectivity index (χ3n) is 5.11. The molecule has 0 aromatic carbocycles. The first-order chi connectivity index (χ1) is 8.91. The molecule has 1 aliphatic rings. The summed E-state index contributed by atoms with van der Waals surface area (Å²) in [5.41, 5.74) is 6.99. The second-order valence-electron chi connectivity index (χ2n) is 7.45. The molecule has 2 N–H and O–H groups in total. The smallest absolute Gasteiger partial charge is 0.0362 e. The van der Waals surface area contributed by atoms with Crippen molar-refractivity contribution < 1.29 is 0 Å². The molecular formula is C17H36N2. The van der Waals surface area contributed by atoms with Gasteiger partial charge in [0.2, 0.25) is 0 Å². The van der Waals surface area contributed by atoms with E-state index >= 15 is 0 Å². The largest absolute Gasteiger partial charge is 0.329 e. The molecule has 0 aliphatic heterocycles. The van der Waals surface area contributed by atoms with Gasteiger partial charge in [-0.2, -0.15) is 0 Å². The van der Waals surface area contributed by atoms with Crippen LogP contribution in [-0.4, -0.2) is 30.1 Å². The minimum absolute atomic E-state index is 0.258. The highest BCUT2D eigenvalue weighted by atomic mass is 15.2. The molecule has 19 heavy (non-hydrogen) atoms. The SMILES string of the molecule is CCCCN(CCCC)C1(CN)CC(C)(C)CC1C. The van der Waals surface area contributed by atoms with Crippen LogP contribution in [0.15, 0.2) is 0 Å². The molecule has 0 saturated heterocycles. The van der Waals surface area contributed by atoms with E-state index in [1.54, 1.807) is 0 Å². The molecule has 2 unspecified atom stereocenters. The van der Waals surface area contributed by atoms with Gasteiger partial charge in [0.1, 0.15) is 0 Å². The Labute approximate surface area is 121 Å². The first-order valence-corrected chi connectivity index (χ1v) is 8.37. The van der Waals surface area contributed by atoms with E-state index in [4.69, 9.17) is 5.73 Å². The second kappa shape index (κ2) is 7.08. The Morgan fingerprint density at radius 1 is 1.11 bits per heavy atom. The first kappa shape index (κ1) is 17.0. The van der Waals surface area contributed by atoms with E-state index in [1.165, 1.54) is 51.6 Å². The summed E-state index contributed by atoms with van der Waals surface area (Å²) in [5, 5.41) is 0. The molecule has 2 heteroatoms. The van der Waals surface area contributed by atoms with Gasteiger partial charge in [-0.05, 0) is 50.1 Å². The van der Waals surface area contributed by atoms with E-state index < -0.39 is 0 Å². The number of nitrogens with zero attached hydrogens (tertiary/aromatic N) is 1. The fraction of sp³-hybridized carbons (Fsp3) is 1.00. The Bertz CT molecular complexity index is 254. The fourth-order valence-electron chi connectivity index (χ4n) is 4.17. The van der Waals surface area contributed by atoms with Gasteiger partial charge in [0.05, 0.1) is 0 Å². The van der Waals surface area contributed by atoms with Crippen molar-refractivity contribution in [2.75, 3.05) is 19.6 Å². The molecule has 0 heterocycles. The van der Waals surface area contributed by atoms with Gasteiger partial charge in [0, 0.05) is 12.1 Å². The third-order valence-corrected chi connectivity index (χ3v) is 5.11. The minimum Gasteiger partial charge on any atom is -0.329 e. The average molecular weight is 268 g/mol. The van der Waals surface area contributed by atoms with Crippen molar-refractivity contribution in [2.24, 2.45) is 17.1 Å². The molecule has 2 atom stereocenters. The Morgan fingerprint density at radius 3 is 1.95 bits per heavy atom. The lowest BCUT2D eigenvalue weighted by Crippen LogP contribution is -2.56. The highest BCUT2D eigenvalue weighted by molar-refractivity contribution is 5.06. The quantitative estimate of drug-likeness (QED) is 0.720. The van der Waals surface area contributed by atoms with Crippen molar-refractivity contribution in [3.63, 3.8) is 0 Å². The van der Waals surface area contributed by atoms with Crippen molar-refractivity contribution in [1.29, 1.82) is 0 Å². The van der Waals surface area contributed by atoms with Crippen LogP contribution in [0.2, 0.25) is 0 Å². The van der Waals surface area contributed by atoms with Gasteiger partial charge in [0.25, 0.3) is 0 Å². The molecule has 1 aliphatic carbocycles. The Balaban J connectivity index is 2.87. The minimum atomic E-state index is 0.258. The molecule has 0 spiro atoms. The van der Waals surface area contributed by atoms with Gasteiger partial charge in [-0.15, -0.1) is 0 Å². The van der Waals surface area contributed by atoms with E-state index in [0.717, 1.165) is 12.5 Å². The summed E-state index contributed by atoms with van der Waals surface area (Å²) in [4.78, 5) is 2.75. The van der Waals surface area contributed by atoms with Crippen LogP contribution < -0.4 is 5.73 Å². The zero-order chi connectivity index (χ0) is 14.5. The van der Waals surface area contributed by atoms with E-state index in [9.17, 15) is 0 Å². The molecule has 1 fully saturated rings. The molecule has 2 nitrogen and oxygen atoms in total. The van der Waals surface area contributed by atoms with Crippen LogP contribution in [0.5, 0.6) is 0 Å². The number of hydrogen-bond acceptors (Lipinski definition) is 2. The van der Waals surface area contributed by atoms with Crippen LogP contribution in [-0.2, 0) is 0 Å². The van der Waals surface area contributed by atoms with Gasteiger partial charge in [-0.25, -0.2) is 0 Å². The summed E-state index contributed by atoms with van der Waals surface area (Å²) in [7, 11) is 0. The summed E-state index contributed by atoms with van der Waals surface area (Å²) in [5.74, 6) is 0.723. The lowest BCUT2D eigenvalue weighted by molar-refractivity contribution is 0.0558. The van der Waals surface area contributed by atoms with Gasteiger partial charge >= 0.3 is 0 Å². The second-order valence-corrected chi connectivity index (χ2v) is 7.45. The number of rotatable bonds is 8. The standard InChI is InChI=1S/C17H36N2/c1-6-8-10-19(11-9-7-2)17(14-18)13-16(4,5)12-15(17)3/h15H,6-14,18H2,1-5H3. The average Bonchev–Trinajstić information content (AvgIpc) is 2.59. The predicted molar refractivity (Wildman–Crippen MR) is 85.4 cm³/mol. The highest BCUT2D eigenvalue weighted by Gasteiger charge is 2.50. The van der Waals surface area contributed by atoms with Crippen molar-refractivity contribution in [3.8, 4) is 0 Å². The monoisotopic (exact) mass is 268 g/mol. The maximum absolute atomic E-state index is 6.28. The summed E-state index contributed by atoms with van der Waals surface area (Å²) < 4.78 is 0. The number of unbranched alkanes of at least 4 members (excludes halogenated alkanes) is 2. The van der Waals surface area contributed by atoms with Crippen LogP contribution >= 0.6 is 0 Å². The normalized spacial score (nSPS) is 30.2. The summed E-state index contributed by atoms with van der Waals surface area (Å²) in [6.07, 6.45) is 7.75. The number of nitrogens with two attached hydrogens (primary N) is 1. The summed E-state index contributed by atoms with van der Waals surface area (Å²) >= 11 is 0. The Hall–Kier alpha value is -0.0800. The van der Waals surface area contributed by atoms with Gasteiger partial charge in [-0.3, -0.25) is 4.90 Å². The molecular weight excluding hydrogens is 232 g/mol. The molecule has 114 valence electrons.